The first-order valence-corrected chi connectivity index (χ1v) is 5.81. The number of nitrogens with one attached hydrogen (secondary N) is 2. The van der Waals surface area contributed by atoms with E-state index < -0.39 is 5.82 Å². The highest BCUT2D eigenvalue weighted by molar-refractivity contribution is 6.05. The fraction of sp³-hybridized carbons (Fsp3) is 0.143. The Hall–Kier alpha value is -2.43. The van der Waals surface area contributed by atoms with E-state index in [1.165, 1.54) is 12.3 Å². The highest BCUT2D eigenvalue weighted by Gasteiger charge is 2.11. The number of rotatable bonds is 3. The molecule has 4 nitrogen and oxygen atoms in total. The molecule has 2 aromatic rings. The molecule has 98 valence electrons. The monoisotopic (exact) mass is 259 g/mol. The smallest absolute Gasteiger partial charge is 0.256 e. The minimum Gasteiger partial charge on any atom is -0.388 e. The van der Waals surface area contributed by atoms with Gasteiger partial charge < -0.3 is 10.6 Å². The summed E-state index contributed by atoms with van der Waals surface area (Å²) in [6.45, 7) is 1.83. The number of nitrogens with zero attached hydrogens (tertiary/aromatic N) is 1. The largest absolute Gasteiger partial charge is 0.388 e. The lowest BCUT2D eigenvalue weighted by atomic mass is 10.1. The summed E-state index contributed by atoms with van der Waals surface area (Å²) in [7, 11) is 1.81. The molecule has 1 aromatic heterocycles. The van der Waals surface area contributed by atoms with E-state index in [1.807, 2.05) is 13.0 Å². The van der Waals surface area contributed by atoms with Crippen molar-refractivity contribution in [1.29, 1.82) is 0 Å². The zero-order valence-corrected chi connectivity index (χ0v) is 10.7. The number of hydrogen-bond acceptors (Lipinski definition) is 3. The molecule has 1 aromatic carbocycles. The van der Waals surface area contributed by atoms with Crippen molar-refractivity contribution in [3.63, 3.8) is 0 Å². The molecule has 0 bridgehead atoms. The third-order valence-electron chi connectivity index (χ3n) is 2.78. The van der Waals surface area contributed by atoms with Crippen LogP contribution in [0.4, 0.5) is 15.8 Å². The van der Waals surface area contributed by atoms with Crippen LogP contribution in [0.5, 0.6) is 0 Å². The molecular weight excluding hydrogens is 245 g/mol. The van der Waals surface area contributed by atoms with Gasteiger partial charge in [0.25, 0.3) is 5.91 Å². The Morgan fingerprint density at radius 2 is 2.11 bits per heavy atom. The maximum Gasteiger partial charge on any atom is 0.256 e. The summed E-state index contributed by atoms with van der Waals surface area (Å²) in [5.74, 6) is -0.898. The van der Waals surface area contributed by atoms with E-state index in [1.54, 1.807) is 19.2 Å². The van der Waals surface area contributed by atoms with E-state index >= 15 is 0 Å². The molecule has 1 heterocycles. The van der Waals surface area contributed by atoms with Gasteiger partial charge in [0.05, 0.1) is 11.9 Å². The Morgan fingerprint density at radius 3 is 2.74 bits per heavy atom. The number of amides is 1. The zero-order valence-electron chi connectivity index (χ0n) is 10.7. The lowest BCUT2D eigenvalue weighted by Crippen LogP contribution is -2.14. The quantitative estimate of drug-likeness (QED) is 0.891. The fourth-order valence-corrected chi connectivity index (χ4v) is 1.74. The first-order chi connectivity index (χ1) is 9.11. The van der Waals surface area contributed by atoms with Crippen molar-refractivity contribution in [2.24, 2.45) is 0 Å². The van der Waals surface area contributed by atoms with Crippen LogP contribution in [0.2, 0.25) is 0 Å². The van der Waals surface area contributed by atoms with E-state index in [4.69, 9.17) is 0 Å². The third kappa shape index (κ3) is 2.88. The lowest BCUT2D eigenvalue weighted by molar-refractivity contribution is 0.102. The van der Waals surface area contributed by atoms with Crippen molar-refractivity contribution >= 4 is 17.3 Å². The Morgan fingerprint density at radius 1 is 1.32 bits per heavy atom. The van der Waals surface area contributed by atoms with Crippen LogP contribution in [0.1, 0.15) is 15.9 Å². The molecule has 0 unspecified atom stereocenters. The lowest BCUT2D eigenvalue weighted by Gasteiger charge is -2.09. The fourth-order valence-electron chi connectivity index (χ4n) is 1.74. The van der Waals surface area contributed by atoms with E-state index in [2.05, 4.69) is 15.6 Å². The minimum absolute atomic E-state index is 0.122. The van der Waals surface area contributed by atoms with Crippen LogP contribution in [0.3, 0.4) is 0 Å². The van der Waals surface area contributed by atoms with Crippen molar-refractivity contribution in [2.75, 3.05) is 17.7 Å². The van der Waals surface area contributed by atoms with Crippen molar-refractivity contribution in [3.05, 3.63) is 53.6 Å². The van der Waals surface area contributed by atoms with Crippen LogP contribution in [0.15, 0.2) is 36.7 Å². The van der Waals surface area contributed by atoms with Crippen molar-refractivity contribution in [3.8, 4) is 0 Å². The van der Waals surface area contributed by atoms with Gasteiger partial charge in [0.2, 0.25) is 0 Å². The third-order valence-corrected chi connectivity index (χ3v) is 2.78. The van der Waals surface area contributed by atoms with Gasteiger partial charge in [-0.3, -0.25) is 9.78 Å². The molecule has 0 atom stereocenters. The summed E-state index contributed by atoms with van der Waals surface area (Å²) in [4.78, 5) is 15.7. The summed E-state index contributed by atoms with van der Waals surface area (Å²) < 4.78 is 13.4. The Balaban J connectivity index is 2.23. The van der Waals surface area contributed by atoms with Crippen LogP contribution in [-0.4, -0.2) is 17.9 Å². The number of aromatic nitrogens is 1. The van der Waals surface area contributed by atoms with E-state index in [9.17, 15) is 9.18 Å². The molecule has 0 saturated carbocycles. The van der Waals surface area contributed by atoms with Gasteiger partial charge in [0.1, 0.15) is 0 Å². The molecule has 0 radical (unpaired) electrons. The average Bonchev–Trinajstić information content (AvgIpc) is 2.41. The van der Waals surface area contributed by atoms with Crippen molar-refractivity contribution in [1.82, 2.24) is 4.98 Å². The highest BCUT2D eigenvalue weighted by atomic mass is 19.1. The Bertz CT molecular complexity index is 613. The van der Waals surface area contributed by atoms with Gasteiger partial charge in [-0.1, -0.05) is 0 Å². The first-order valence-electron chi connectivity index (χ1n) is 5.81. The predicted octanol–water partition coefficient (Wildman–Crippen LogP) is 2.82. The molecule has 0 spiro atoms. The van der Waals surface area contributed by atoms with Gasteiger partial charge in [0.15, 0.2) is 5.82 Å². The minimum atomic E-state index is -0.555. The number of halogens is 1. The number of carbonyl (C=O) groups is 1. The van der Waals surface area contributed by atoms with Crippen molar-refractivity contribution < 1.29 is 9.18 Å². The number of aryl methyl sites for hydroxylation is 1. The SMILES string of the molecule is CNc1ccc(C(=O)Nc2ccncc2F)c(C)c1. The molecule has 2 N–H and O–H groups in total. The average molecular weight is 259 g/mol. The second kappa shape index (κ2) is 5.48. The molecule has 0 fully saturated rings. The van der Waals surface area contributed by atoms with Crippen LogP contribution in [-0.2, 0) is 0 Å². The van der Waals surface area contributed by atoms with Crippen LogP contribution in [0.25, 0.3) is 0 Å². The van der Waals surface area contributed by atoms with Gasteiger partial charge in [0, 0.05) is 24.5 Å². The van der Waals surface area contributed by atoms with E-state index in [0.717, 1.165) is 17.4 Å². The molecule has 0 aliphatic carbocycles. The van der Waals surface area contributed by atoms with Gasteiger partial charge in [-0.25, -0.2) is 4.39 Å². The summed E-state index contributed by atoms with van der Waals surface area (Å²) in [6.07, 6.45) is 2.49. The number of benzene rings is 1. The number of hydrogen-bond donors (Lipinski definition) is 2. The highest BCUT2D eigenvalue weighted by Crippen LogP contribution is 2.17. The van der Waals surface area contributed by atoms with Crippen molar-refractivity contribution in [2.45, 2.75) is 6.92 Å². The molecule has 19 heavy (non-hydrogen) atoms. The summed E-state index contributed by atoms with van der Waals surface area (Å²) in [6, 6.07) is 6.78. The van der Waals surface area contributed by atoms with Crippen LogP contribution >= 0.6 is 0 Å². The molecule has 5 heteroatoms. The second-order valence-corrected chi connectivity index (χ2v) is 4.09. The first kappa shape index (κ1) is 13.0. The molecule has 0 aliphatic rings. The van der Waals surface area contributed by atoms with Gasteiger partial charge in [-0.05, 0) is 36.8 Å². The van der Waals surface area contributed by atoms with E-state index in [-0.39, 0.29) is 11.6 Å². The van der Waals surface area contributed by atoms with E-state index in [0.29, 0.717) is 5.56 Å². The van der Waals surface area contributed by atoms with Crippen LogP contribution in [0, 0.1) is 12.7 Å². The summed E-state index contributed by atoms with van der Waals surface area (Å²) in [5.41, 5.74) is 2.37. The molecule has 2 rings (SSSR count). The van der Waals surface area contributed by atoms with Crippen LogP contribution < -0.4 is 10.6 Å². The topological polar surface area (TPSA) is 54.0 Å². The summed E-state index contributed by atoms with van der Waals surface area (Å²) in [5, 5.41) is 5.52. The number of pyridine rings is 1. The number of anilines is 2. The molecular formula is C14H14FN3O. The van der Waals surface area contributed by atoms with Gasteiger partial charge in [-0.15, -0.1) is 0 Å². The normalized spacial score (nSPS) is 10.1. The number of carbonyl (C=O) groups excluding carboxylic acids is 1. The second-order valence-electron chi connectivity index (χ2n) is 4.09. The summed E-state index contributed by atoms with van der Waals surface area (Å²) >= 11 is 0. The molecule has 0 saturated heterocycles. The molecule has 1 amide bonds. The Kier molecular flexibility index (Phi) is 3.75. The Labute approximate surface area is 110 Å². The maximum atomic E-state index is 13.4. The standard InChI is InChI=1S/C14H14FN3O/c1-9-7-10(16-2)3-4-11(9)14(19)18-13-5-6-17-8-12(13)15/h3-8,16H,1-2H3,(H,17,18,19). The maximum absolute atomic E-state index is 13.4. The molecule has 0 aliphatic heterocycles. The van der Waals surface area contributed by atoms with Gasteiger partial charge >= 0.3 is 0 Å². The van der Waals surface area contributed by atoms with Gasteiger partial charge in [-0.2, -0.15) is 0 Å². The zero-order chi connectivity index (χ0) is 13.8. The predicted molar refractivity (Wildman–Crippen MR) is 72.9 cm³/mol.